The molecule has 3 heteroatoms. The van der Waals surface area contributed by atoms with Gasteiger partial charge in [0.05, 0.1) is 12.7 Å². The fraction of sp³-hybridized carbons (Fsp3) is 1.00. The molecule has 0 aromatic heterocycles. The summed E-state index contributed by atoms with van der Waals surface area (Å²) in [6.45, 7) is 12.6. The first-order valence-corrected chi connectivity index (χ1v) is 6.11. The molecule has 0 aromatic carbocycles. The third-order valence-corrected chi connectivity index (χ3v) is 3.97. The topological polar surface area (TPSA) is 38.5 Å². The minimum Gasteiger partial charge on any atom is -0.376 e. The van der Waals surface area contributed by atoms with Crippen LogP contribution in [0.1, 0.15) is 34.1 Å². The largest absolute Gasteiger partial charge is 0.376 e. The second-order valence-corrected chi connectivity index (χ2v) is 5.06. The molecule has 2 N–H and O–H groups in total. The number of morpholine rings is 1. The zero-order chi connectivity index (χ0) is 11.5. The van der Waals surface area contributed by atoms with Gasteiger partial charge in [-0.05, 0) is 19.3 Å². The van der Waals surface area contributed by atoms with Crippen LogP contribution in [0.5, 0.6) is 0 Å². The van der Waals surface area contributed by atoms with Gasteiger partial charge in [-0.25, -0.2) is 0 Å². The Balaban J connectivity index is 2.67. The number of hydrogen-bond donors (Lipinski definition) is 1. The van der Waals surface area contributed by atoms with Gasteiger partial charge in [-0.3, -0.25) is 4.90 Å². The van der Waals surface area contributed by atoms with Crippen molar-refractivity contribution in [1.29, 1.82) is 0 Å². The minimum atomic E-state index is 0.122. The average molecular weight is 214 g/mol. The van der Waals surface area contributed by atoms with Gasteiger partial charge in [0.1, 0.15) is 0 Å². The van der Waals surface area contributed by atoms with Gasteiger partial charge >= 0.3 is 0 Å². The van der Waals surface area contributed by atoms with Crippen LogP contribution in [0.25, 0.3) is 0 Å². The Kier molecular flexibility index (Phi) is 4.56. The summed E-state index contributed by atoms with van der Waals surface area (Å²) in [5.41, 5.74) is 6.07. The van der Waals surface area contributed by atoms with Gasteiger partial charge in [-0.15, -0.1) is 0 Å². The van der Waals surface area contributed by atoms with Crippen molar-refractivity contribution < 1.29 is 4.74 Å². The minimum absolute atomic E-state index is 0.122. The van der Waals surface area contributed by atoms with Crippen molar-refractivity contribution in [2.75, 3.05) is 26.2 Å². The predicted molar refractivity (Wildman–Crippen MR) is 63.9 cm³/mol. The third kappa shape index (κ3) is 2.71. The van der Waals surface area contributed by atoms with Crippen molar-refractivity contribution in [2.24, 2.45) is 11.7 Å². The monoisotopic (exact) mass is 214 g/mol. The lowest BCUT2D eigenvalue weighted by atomic mass is 9.86. The number of nitrogens with two attached hydrogens (primary N) is 1. The predicted octanol–water partition coefficient (Wildman–Crippen LogP) is 1.47. The zero-order valence-corrected chi connectivity index (χ0v) is 10.6. The molecule has 1 aliphatic heterocycles. The summed E-state index contributed by atoms with van der Waals surface area (Å²) >= 11 is 0. The summed E-state index contributed by atoms with van der Waals surface area (Å²) in [7, 11) is 0. The van der Waals surface area contributed by atoms with Crippen LogP contribution >= 0.6 is 0 Å². The van der Waals surface area contributed by atoms with E-state index in [1.54, 1.807) is 0 Å². The summed E-state index contributed by atoms with van der Waals surface area (Å²) < 4.78 is 5.69. The highest BCUT2D eigenvalue weighted by atomic mass is 16.5. The van der Waals surface area contributed by atoms with Crippen LogP contribution < -0.4 is 5.73 Å². The molecule has 1 saturated heterocycles. The van der Waals surface area contributed by atoms with Gasteiger partial charge in [0.25, 0.3) is 0 Å². The van der Waals surface area contributed by atoms with Crippen molar-refractivity contribution in [3.8, 4) is 0 Å². The summed E-state index contributed by atoms with van der Waals surface area (Å²) in [6, 6.07) is 0. The van der Waals surface area contributed by atoms with Gasteiger partial charge in [-0.1, -0.05) is 20.8 Å². The normalized spacial score (nSPS) is 28.0. The van der Waals surface area contributed by atoms with E-state index in [0.29, 0.717) is 12.0 Å². The lowest BCUT2D eigenvalue weighted by Gasteiger charge is -2.47. The van der Waals surface area contributed by atoms with E-state index in [1.807, 2.05) is 0 Å². The van der Waals surface area contributed by atoms with E-state index in [1.165, 1.54) is 0 Å². The molecular weight excluding hydrogens is 188 g/mol. The SMILES string of the molecule is CCC1CN(C(C)(CN)C(C)C)CCO1. The molecule has 1 fully saturated rings. The highest BCUT2D eigenvalue weighted by molar-refractivity contribution is 4.92. The van der Waals surface area contributed by atoms with E-state index >= 15 is 0 Å². The maximum atomic E-state index is 5.94. The molecule has 0 amide bonds. The lowest BCUT2D eigenvalue weighted by molar-refractivity contribution is -0.0758. The van der Waals surface area contributed by atoms with Crippen LogP contribution in [0.15, 0.2) is 0 Å². The molecule has 90 valence electrons. The Bertz CT molecular complexity index is 196. The van der Waals surface area contributed by atoms with Gasteiger partial charge in [0, 0.05) is 25.2 Å². The van der Waals surface area contributed by atoms with Crippen LogP contribution in [0.2, 0.25) is 0 Å². The average Bonchev–Trinajstić information content (AvgIpc) is 2.27. The molecule has 1 aliphatic rings. The third-order valence-electron chi connectivity index (χ3n) is 3.97. The van der Waals surface area contributed by atoms with E-state index in [2.05, 4.69) is 32.6 Å². The van der Waals surface area contributed by atoms with Gasteiger partial charge in [-0.2, -0.15) is 0 Å². The molecule has 3 nitrogen and oxygen atoms in total. The molecule has 0 radical (unpaired) electrons. The first-order valence-electron chi connectivity index (χ1n) is 6.11. The van der Waals surface area contributed by atoms with E-state index in [-0.39, 0.29) is 5.54 Å². The number of nitrogens with zero attached hydrogens (tertiary/aromatic N) is 1. The standard InChI is InChI=1S/C12H26N2O/c1-5-11-8-14(6-7-15-11)12(4,9-13)10(2)3/h10-11H,5-9,13H2,1-4H3. The molecule has 1 heterocycles. The van der Waals surface area contributed by atoms with Crippen LogP contribution in [-0.4, -0.2) is 42.8 Å². The van der Waals surface area contributed by atoms with Crippen LogP contribution in [0, 0.1) is 5.92 Å². The first kappa shape index (κ1) is 12.9. The van der Waals surface area contributed by atoms with Gasteiger partial charge in [0.2, 0.25) is 0 Å². The van der Waals surface area contributed by atoms with Gasteiger partial charge in [0.15, 0.2) is 0 Å². The molecular formula is C12H26N2O. The van der Waals surface area contributed by atoms with Crippen molar-refractivity contribution >= 4 is 0 Å². The van der Waals surface area contributed by atoms with Crippen LogP contribution in [0.3, 0.4) is 0 Å². The number of hydrogen-bond acceptors (Lipinski definition) is 3. The quantitative estimate of drug-likeness (QED) is 0.770. The molecule has 0 bridgehead atoms. The first-order chi connectivity index (χ1) is 7.04. The summed E-state index contributed by atoms with van der Waals surface area (Å²) in [4.78, 5) is 2.51. The fourth-order valence-corrected chi connectivity index (χ4v) is 2.16. The van der Waals surface area contributed by atoms with Crippen LogP contribution in [-0.2, 0) is 4.74 Å². The van der Waals surface area contributed by atoms with Crippen LogP contribution in [0.4, 0.5) is 0 Å². The molecule has 1 rings (SSSR count). The van der Waals surface area contributed by atoms with Crippen molar-refractivity contribution in [2.45, 2.75) is 45.8 Å². The van der Waals surface area contributed by atoms with E-state index in [4.69, 9.17) is 10.5 Å². The highest BCUT2D eigenvalue weighted by Gasteiger charge is 2.36. The Labute approximate surface area is 94.0 Å². The Morgan fingerprint density at radius 1 is 1.53 bits per heavy atom. The lowest BCUT2D eigenvalue weighted by Crippen LogP contribution is -2.60. The summed E-state index contributed by atoms with van der Waals surface area (Å²) in [6.07, 6.45) is 1.48. The molecule has 0 aromatic rings. The highest BCUT2D eigenvalue weighted by Crippen LogP contribution is 2.26. The molecule has 0 spiro atoms. The van der Waals surface area contributed by atoms with Crippen molar-refractivity contribution in [3.05, 3.63) is 0 Å². The molecule has 0 aliphatic carbocycles. The van der Waals surface area contributed by atoms with Crippen molar-refractivity contribution in [3.63, 3.8) is 0 Å². The Morgan fingerprint density at radius 3 is 2.67 bits per heavy atom. The number of ether oxygens (including phenoxy) is 1. The molecule has 2 atom stereocenters. The van der Waals surface area contributed by atoms with Gasteiger partial charge < -0.3 is 10.5 Å². The molecule has 15 heavy (non-hydrogen) atoms. The van der Waals surface area contributed by atoms with Crippen molar-refractivity contribution in [1.82, 2.24) is 4.90 Å². The maximum Gasteiger partial charge on any atom is 0.0700 e. The summed E-state index contributed by atoms with van der Waals surface area (Å²) in [5.74, 6) is 0.582. The van der Waals surface area contributed by atoms with E-state index in [9.17, 15) is 0 Å². The molecule has 0 saturated carbocycles. The fourth-order valence-electron chi connectivity index (χ4n) is 2.16. The zero-order valence-electron chi connectivity index (χ0n) is 10.6. The molecule has 2 unspecified atom stereocenters. The summed E-state index contributed by atoms with van der Waals surface area (Å²) in [5, 5.41) is 0. The Hall–Kier alpha value is -0.120. The van der Waals surface area contributed by atoms with E-state index < -0.39 is 0 Å². The van der Waals surface area contributed by atoms with E-state index in [0.717, 1.165) is 32.7 Å². The second-order valence-electron chi connectivity index (χ2n) is 5.06. The smallest absolute Gasteiger partial charge is 0.0700 e. The Morgan fingerprint density at radius 2 is 2.20 bits per heavy atom. The number of rotatable bonds is 4. The maximum absolute atomic E-state index is 5.94. The second kappa shape index (κ2) is 5.28.